The van der Waals surface area contributed by atoms with Crippen molar-refractivity contribution in [3.05, 3.63) is 75.6 Å². The second-order valence-electron chi connectivity index (χ2n) is 5.35. The van der Waals surface area contributed by atoms with Crippen molar-refractivity contribution in [1.82, 2.24) is 10.6 Å². The van der Waals surface area contributed by atoms with Crippen LogP contribution >= 0.6 is 0 Å². The predicted octanol–water partition coefficient (Wildman–Crippen LogP) is 2.17. The number of carbonyl (C=O) groups is 2. The molecule has 2 amide bonds. The molecule has 0 bridgehead atoms. The van der Waals surface area contributed by atoms with Crippen molar-refractivity contribution in [3.8, 4) is 0 Å². The van der Waals surface area contributed by atoms with Crippen LogP contribution in [0, 0.1) is 15.9 Å². The number of nitro benzene ring substituents is 1. The van der Waals surface area contributed by atoms with Crippen LogP contribution in [-0.4, -0.2) is 22.8 Å². The fourth-order valence-electron chi connectivity index (χ4n) is 2.05. The van der Waals surface area contributed by atoms with Gasteiger partial charge in [0, 0.05) is 24.2 Å². The topological polar surface area (TPSA) is 101 Å². The quantitative estimate of drug-likeness (QED) is 0.619. The van der Waals surface area contributed by atoms with Gasteiger partial charge >= 0.3 is 0 Å². The third-order valence-corrected chi connectivity index (χ3v) is 3.44. The SMILES string of the molecule is CC(NC(=O)c1cccc([N+](=O)[O-])c1)C(=O)NCc1ccc(F)cc1. The van der Waals surface area contributed by atoms with Crippen LogP contribution in [0.25, 0.3) is 0 Å². The Balaban J connectivity index is 1.91. The summed E-state index contributed by atoms with van der Waals surface area (Å²) in [6.07, 6.45) is 0. The molecule has 2 aromatic carbocycles. The first kappa shape index (κ1) is 18.1. The van der Waals surface area contributed by atoms with E-state index < -0.39 is 22.8 Å². The van der Waals surface area contributed by atoms with Crippen LogP contribution in [0.2, 0.25) is 0 Å². The molecule has 0 saturated heterocycles. The van der Waals surface area contributed by atoms with Gasteiger partial charge in [-0.05, 0) is 30.7 Å². The minimum atomic E-state index is -0.841. The molecular formula is C17H16FN3O4. The van der Waals surface area contributed by atoms with E-state index >= 15 is 0 Å². The van der Waals surface area contributed by atoms with Crippen molar-refractivity contribution in [3.63, 3.8) is 0 Å². The molecule has 0 aliphatic rings. The smallest absolute Gasteiger partial charge is 0.270 e. The maximum atomic E-state index is 12.8. The third-order valence-electron chi connectivity index (χ3n) is 3.44. The second-order valence-corrected chi connectivity index (χ2v) is 5.35. The molecular weight excluding hydrogens is 329 g/mol. The molecule has 2 rings (SSSR count). The fraction of sp³-hybridized carbons (Fsp3) is 0.176. The molecule has 0 radical (unpaired) electrons. The molecule has 8 heteroatoms. The van der Waals surface area contributed by atoms with E-state index in [1.807, 2.05) is 0 Å². The lowest BCUT2D eigenvalue weighted by molar-refractivity contribution is -0.384. The molecule has 0 spiro atoms. The Morgan fingerprint density at radius 2 is 1.88 bits per heavy atom. The van der Waals surface area contributed by atoms with E-state index in [0.29, 0.717) is 5.56 Å². The fourth-order valence-corrected chi connectivity index (χ4v) is 2.05. The van der Waals surface area contributed by atoms with Crippen molar-refractivity contribution in [2.45, 2.75) is 19.5 Å². The van der Waals surface area contributed by atoms with Gasteiger partial charge in [0.05, 0.1) is 4.92 Å². The second kappa shape index (κ2) is 8.00. The number of non-ortho nitro benzene ring substituents is 1. The molecule has 7 nitrogen and oxygen atoms in total. The number of nitro groups is 1. The Kier molecular flexibility index (Phi) is 5.78. The van der Waals surface area contributed by atoms with Gasteiger partial charge in [0.2, 0.25) is 5.91 Å². The summed E-state index contributed by atoms with van der Waals surface area (Å²) in [6, 6.07) is 10.0. The summed E-state index contributed by atoms with van der Waals surface area (Å²) < 4.78 is 12.8. The van der Waals surface area contributed by atoms with E-state index in [1.54, 1.807) is 12.1 Å². The summed E-state index contributed by atoms with van der Waals surface area (Å²) in [7, 11) is 0. The Bertz CT molecular complexity index is 793. The third kappa shape index (κ3) is 5.10. The number of nitrogens with zero attached hydrogens (tertiary/aromatic N) is 1. The normalized spacial score (nSPS) is 11.4. The number of rotatable bonds is 6. The van der Waals surface area contributed by atoms with Crippen LogP contribution in [-0.2, 0) is 11.3 Å². The van der Waals surface area contributed by atoms with E-state index in [9.17, 15) is 24.1 Å². The van der Waals surface area contributed by atoms with Gasteiger partial charge in [0.25, 0.3) is 11.6 Å². The first-order valence-corrected chi connectivity index (χ1v) is 7.44. The van der Waals surface area contributed by atoms with Gasteiger partial charge in [-0.25, -0.2) is 4.39 Å². The van der Waals surface area contributed by atoms with Gasteiger partial charge in [-0.2, -0.15) is 0 Å². The standard InChI is InChI=1S/C17H16FN3O4/c1-11(16(22)19-10-12-5-7-14(18)8-6-12)20-17(23)13-3-2-4-15(9-13)21(24)25/h2-9,11H,10H2,1H3,(H,19,22)(H,20,23). The summed E-state index contributed by atoms with van der Waals surface area (Å²) in [5.74, 6) is -1.39. The number of nitrogens with one attached hydrogen (secondary N) is 2. The maximum absolute atomic E-state index is 12.8. The summed E-state index contributed by atoms with van der Waals surface area (Å²) >= 11 is 0. The summed E-state index contributed by atoms with van der Waals surface area (Å²) in [6.45, 7) is 1.69. The van der Waals surface area contributed by atoms with Crippen molar-refractivity contribution in [2.75, 3.05) is 0 Å². The molecule has 1 atom stereocenters. The van der Waals surface area contributed by atoms with Crippen molar-refractivity contribution < 1.29 is 18.9 Å². The number of benzene rings is 2. The molecule has 0 heterocycles. The van der Waals surface area contributed by atoms with Gasteiger partial charge < -0.3 is 10.6 Å². The summed E-state index contributed by atoms with van der Waals surface area (Å²) in [4.78, 5) is 34.2. The van der Waals surface area contributed by atoms with Crippen molar-refractivity contribution in [1.29, 1.82) is 0 Å². The zero-order valence-electron chi connectivity index (χ0n) is 13.4. The van der Waals surface area contributed by atoms with Crippen LogP contribution in [0.5, 0.6) is 0 Å². The minimum absolute atomic E-state index is 0.0902. The van der Waals surface area contributed by atoms with Gasteiger partial charge in [0.15, 0.2) is 0 Å². The van der Waals surface area contributed by atoms with E-state index in [-0.39, 0.29) is 23.6 Å². The molecule has 0 aliphatic carbocycles. The van der Waals surface area contributed by atoms with Crippen LogP contribution in [0.15, 0.2) is 48.5 Å². The van der Waals surface area contributed by atoms with Crippen LogP contribution in [0.1, 0.15) is 22.8 Å². The first-order chi connectivity index (χ1) is 11.9. The highest BCUT2D eigenvalue weighted by Crippen LogP contribution is 2.13. The monoisotopic (exact) mass is 345 g/mol. The Morgan fingerprint density at radius 1 is 1.20 bits per heavy atom. The summed E-state index contributed by atoms with van der Waals surface area (Å²) in [5, 5.41) is 15.8. The van der Waals surface area contributed by atoms with Crippen LogP contribution < -0.4 is 10.6 Å². The van der Waals surface area contributed by atoms with E-state index in [4.69, 9.17) is 0 Å². The minimum Gasteiger partial charge on any atom is -0.350 e. The lowest BCUT2D eigenvalue weighted by Crippen LogP contribution is -2.44. The van der Waals surface area contributed by atoms with Gasteiger partial charge in [-0.3, -0.25) is 19.7 Å². The van der Waals surface area contributed by atoms with E-state index in [2.05, 4.69) is 10.6 Å². The van der Waals surface area contributed by atoms with Crippen LogP contribution in [0.4, 0.5) is 10.1 Å². The number of hydrogen-bond acceptors (Lipinski definition) is 4. The van der Waals surface area contributed by atoms with Gasteiger partial charge in [-0.15, -0.1) is 0 Å². The number of carbonyl (C=O) groups excluding carboxylic acids is 2. The molecule has 1 unspecified atom stereocenters. The van der Waals surface area contributed by atoms with E-state index in [0.717, 1.165) is 6.07 Å². The lowest BCUT2D eigenvalue weighted by Gasteiger charge is -2.14. The molecule has 0 aliphatic heterocycles. The van der Waals surface area contributed by atoms with Crippen molar-refractivity contribution >= 4 is 17.5 Å². The van der Waals surface area contributed by atoms with E-state index in [1.165, 1.54) is 37.3 Å². The number of amides is 2. The average molecular weight is 345 g/mol. The largest absolute Gasteiger partial charge is 0.350 e. The molecule has 0 aromatic heterocycles. The molecule has 130 valence electrons. The number of halogens is 1. The molecule has 0 fully saturated rings. The Hall–Kier alpha value is -3.29. The summed E-state index contributed by atoms with van der Waals surface area (Å²) in [5.41, 5.74) is 0.598. The highest BCUT2D eigenvalue weighted by atomic mass is 19.1. The molecule has 25 heavy (non-hydrogen) atoms. The average Bonchev–Trinajstić information content (AvgIpc) is 2.60. The highest BCUT2D eigenvalue weighted by Gasteiger charge is 2.18. The lowest BCUT2D eigenvalue weighted by atomic mass is 10.1. The predicted molar refractivity (Wildman–Crippen MR) is 88.3 cm³/mol. The van der Waals surface area contributed by atoms with Gasteiger partial charge in [-0.1, -0.05) is 18.2 Å². The van der Waals surface area contributed by atoms with Gasteiger partial charge in [0.1, 0.15) is 11.9 Å². The van der Waals surface area contributed by atoms with Crippen molar-refractivity contribution in [2.24, 2.45) is 0 Å². The Morgan fingerprint density at radius 3 is 2.52 bits per heavy atom. The zero-order valence-corrected chi connectivity index (χ0v) is 13.4. The Labute approximate surface area is 143 Å². The molecule has 0 saturated carbocycles. The molecule has 2 N–H and O–H groups in total. The highest BCUT2D eigenvalue weighted by molar-refractivity contribution is 5.97. The first-order valence-electron chi connectivity index (χ1n) is 7.44. The van der Waals surface area contributed by atoms with Crippen LogP contribution in [0.3, 0.4) is 0 Å². The zero-order chi connectivity index (χ0) is 18.4. The molecule has 2 aromatic rings. The maximum Gasteiger partial charge on any atom is 0.270 e. The number of hydrogen-bond donors (Lipinski definition) is 2.